The molecule has 0 heterocycles. The lowest BCUT2D eigenvalue weighted by atomic mass is 9.87. The van der Waals surface area contributed by atoms with E-state index in [1.165, 1.54) is 16.7 Å². The van der Waals surface area contributed by atoms with E-state index in [4.69, 9.17) is 0 Å². The Bertz CT molecular complexity index is 396. The largest absolute Gasteiger partial charge is 0.299 e. The monoisotopic (exact) mass is 260 g/mol. The van der Waals surface area contributed by atoms with Gasteiger partial charge in [0.05, 0.1) is 0 Å². The molecule has 0 aliphatic heterocycles. The first kappa shape index (κ1) is 15.9. The summed E-state index contributed by atoms with van der Waals surface area (Å²) in [6.45, 7) is 8.48. The van der Waals surface area contributed by atoms with Crippen LogP contribution in [0.15, 0.2) is 34.9 Å². The number of hydrogen-bond acceptors (Lipinski definition) is 1. The predicted molar refractivity (Wildman–Crippen MR) is 83.1 cm³/mol. The number of hydrogen-bond donors (Lipinski definition) is 0. The lowest BCUT2D eigenvalue weighted by Gasteiger charge is -2.17. The predicted octanol–water partition coefficient (Wildman–Crippen LogP) is 5.38. The summed E-state index contributed by atoms with van der Waals surface area (Å²) in [6.07, 6.45) is 12.8. The summed E-state index contributed by atoms with van der Waals surface area (Å²) in [4.78, 5) is 12.1. The van der Waals surface area contributed by atoms with Gasteiger partial charge < -0.3 is 0 Å². The van der Waals surface area contributed by atoms with Crippen LogP contribution in [-0.2, 0) is 4.79 Å². The normalized spacial score (nSPS) is 28.0. The minimum absolute atomic E-state index is 0.126. The average molecular weight is 260 g/mol. The molecule has 0 amide bonds. The average Bonchev–Trinajstić information content (AvgIpc) is 2.37. The van der Waals surface area contributed by atoms with Crippen LogP contribution in [0.4, 0.5) is 0 Å². The molecule has 1 aliphatic carbocycles. The van der Waals surface area contributed by atoms with E-state index >= 15 is 0 Å². The quantitative estimate of drug-likeness (QED) is 0.609. The number of rotatable bonds is 2. The Morgan fingerprint density at radius 3 is 2.47 bits per heavy atom. The van der Waals surface area contributed by atoms with Crippen molar-refractivity contribution in [3.05, 3.63) is 34.9 Å². The SMILES string of the molecule is CCC(=O)C1CC/C(C)=C\CC/C(C)=C\CC=C1C. The smallest absolute Gasteiger partial charge is 0.139 e. The van der Waals surface area contributed by atoms with Gasteiger partial charge in [0.15, 0.2) is 0 Å². The van der Waals surface area contributed by atoms with Crippen LogP contribution in [-0.4, -0.2) is 5.78 Å². The van der Waals surface area contributed by atoms with Gasteiger partial charge in [0, 0.05) is 12.3 Å². The molecular formula is C18H28O. The summed E-state index contributed by atoms with van der Waals surface area (Å²) in [7, 11) is 0. The van der Waals surface area contributed by atoms with E-state index in [0.29, 0.717) is 12.2 Å². The second-order valence-corrected chi connectivity index (χ2v) is 5.73. The maximum Gasteiger partial charge on any atom is 0.139 e. The van der Waals surface area contributed by atoms with Crippen molar-refractivity contribution in [1.82, 2.24) is 0 Å². The summed E-state index contributed by atoms with van der Waals surface area (Å²) in [5.41, 5.74) is 4.13. The first-order chi connectivity index (χ1) is 9.04. The molecule has 1 aliphatic rings. The molecule has 1 unspecified atom stereocenters. The van der Waals surface area contributed by atoms with Crippen LogP contribution in [0, 0.1) is 5.92 Å². The van der Waals surface area contributed by atoms with E-state index < -0.39 is 0 Å². The lowest BCUT2D eigenvalue weighted by molar-refractivity contribution is -0.121. The number of allylic oxidation sites excluding steroid dienone is 6. The molecule has 1 heteroatoms. The summed E-state index contributed by atoms with van der Waals surface area (Å²) >= 11 is 0. The zero-order valence-corrected chi connectivity index (χ0v) is 13.0. The molecule has 0 bridgehead atoms. The van der Waals surface area contributed by atoms with E-state index in [-0.39, 0.29) is 5.92 Å². The van der Waals surface area contributed by atoms with Gasteiger partial charge in [-0.1, -0.05) is 41.9 Å². The molecule has 0 aromatic carbocycles. The molecule has 0 saturated heterocycles. The van der Waals surface area contributed by atoms with Crippen molar-refractivity contribution in [2.24, 2.45) is 5.92 Å². The lowest BCUT2D eigenvalue weighted by Crippen LogP contribution is -2.15. The second-order valence-electron chi connectivity index (χ2n) is 5.73. The van der Waals surface area contributed by atoms with Crippen LogP contribution in [0.5, 0.6) is 0 Å². The number of ketones is 1. The molecule has 0 aromatic heterocycles. The van der Waals surface area contributed by atoms with Gasteiger partial charge in [-0.05, 0) is 52.9 Å². The van der Waals surface area contributed by atoms with Crippen LogP contribution in [0.3, 0.4) is 0 Å². The van der Waals surface area contributed by atoms with Crippen LogP contribution in [0.25, 0.3) is 0 Å². The van der Waals surface area contributed by atoms with Crippen molar-refractivity contribution in [3.63, 3.8) is 0 Å². The third-order valence-electron chi connectivity index (χ3n) is 4.05. The molecule has 106 valence electrons. The molecule has 0 fully saturated rings. The van der Waals surface area contributed by atoms with E-state index in [9.17, 15) is 4.79 Å². The van der Waals surface area contributed by atoms with Gasteiger partial charge >= 0.3 is 0 Å². The Hall–Kier alpha value is -1.11. The number of carbonyl (C=O) groups is 1. The van der Waals surface area contributed by atoms with Gasteiger partial charge in [-0.15, -0.1) is 0 Å². The zero-order chi connectivity index (χ0) is 14.3. The number of carbonyl (C=O) groups excluding carboxylic acids is 1. The molecule has 0 radical (unpaired) electrons. The first-order valence-corrected chi connectivity index (χ1v) is 7.55. The van der Waals surface area contributed by atoms with E-state index in [1.54, 1.807) is 0 Å². The summed E-state index contributed by atoms with van der Waals surface area (Å²) < 4.78 is 0. The Labute approximate surface area is 118 Å². The van der Waals surface area contributed by atoms with Crippen molar-refractivity contribution in [1.29, 1.82) is 0 Å². The molecular weight excluding hydrogens is 232 g/mol. The fourth-order valence-electron chi connectivity index (χ4n) is 2.60. The van der Waals surface area contributed by atoms with E-state index in [1.807, 2.05) is 6.92 Å². The molecule has 19 heavy (non-hydrogen) atoms. The van der Waals surface area contributed by atoms with Gasteiger partial charge in [0.2, 0.25) is 0 Å². The van der Waals surface area contributed by atoms with Gasteiger partial charge in [-0.3, -0.25) is 4.79 Å². The Balaban J connectivity index is 2.91. The van der Waals surface area contributed by atoms with Gasteiger partial charge in [-0.25, -0.2) is 0 Å². The molecule has 0 N–H and O–H groups in total. The topological polar surface area (TPSA) is 17.1 Å². The molecule has 0 spiro atoms. The third kappa shape index (κ3) is 5.59. The molecule has 0 saturated carbocycles. The Morgan fingerprint density at radius 2 is 1.79 bits per heavy atom. The summed E-state index contributed by atoms with van der Waals surface area (Å²) in [6, 6.07) is 0. The van der Waals surface area contributed by atoms with Crippen molar-refractivity contribution < 1.29 is 4.79 Å². The van der Waals surface area contributed by atoms with Crippen LogP contribution >= 0.6 is 0 Å². The van der Waals surface area contributed by atoms with Gasteiger partial charge in [0.1, 0.15) is 5.78 Å². The fraction of sp³-hybridized carbons (Fsp3) is 0.611. The Morgan fingerprint density at radius 1 is 1.11 bits per heavy atom. The van der Waals surface area contributed by atoms with Crippen LogP contribution in [0.1, 0.15) is 66.2 Å². The minimum Gasteiger partial charge on any atom is -0.299 e. The first-order valence-electron chi connectivity index (χ1n) is 7.55. The summed E-state index contributed by atoms with van der Waals surface area (Å²) in [5.74, 6) is 0.515. The van der Waals surface area contributed by atoms with Crippen molar-refractivity contribution in [3.8, 4) is 0 Å². The summed E-state index contributed by atoms with van der Waals surface area (Å²) in [5, 5.41) is 0. The maximum absolute atomic E-state index is 12.1. The van der Waals surface area contributed by atoms with Gasteiger partial charge in [0.25, 0.3) is 0 Å². The van der Waals surface area contributed by atoms with Crippen molar-refractivity contribution in [2.75, 3.05) is 0 Å². The highest BCUT2D eigenvalue weighted by molar-refractivity contribution is 5.83. The highest BCUT2D eigenvalue weighted by Crippen LogP contribution is 2.24. The standard InChI is InChI=1S/C18H28O/c1-5-18(19)17-13-12-15(3)9-6-8-14(2)10-7-11-16(17)4/h9-11,17H,5-8,12-13H2,1-4H3/b14-10-,15-9-,16-11?. The molecule has 0 aromatic rings. The van der Waals surface area contributed by atoms with Gasteiger partial charge in [-0.2, -0.15) is 0 Å². The molecule has 1 nitrogen and oxygen atoms in total. The van der Waals surface area contributed by atoms with Crippen molar-refractivity contribution >= 4 is 5.78 Å². The highest BCUT2D eigenvalue weighted by Gasteiger charge is 2.18. The van der Waals surface area contributed by atoms with Crippen LogP contribution in [0.2, 0.25) is 0 Å². The number of Topliss-reactive ketones (excluding diaryl/α,β-unsaturated/α-hetero) is 1. The minimum atomic E-state index is 0.126. The molecule has 1 rings (SSSR count). The zero-order valence-electron chi connectivity index (χ0n) is 13.0. The second kappa shape index (κ2) is 8.14. The van der Waals surface area contributed by atoms with Crippen LogP contribution < -0.4 is 0 Å². The third-order valence-corrected chi connectivity index (χ3v) is 4.05. The maximum atomic E-state index is 12.1. The molecule has 1 atom stereocenters. The van der Waals surface area contributed by atoms with Crippen molar-refractivity contribution in [2.45, 2.75) is 66.2 Å². The highest BCUT2D eigenvalue weighted by atomic mass is 16.1. The Kier molecular flexibility index (Phi) is 6.83. The fourth-order valence-corrected chi connectivity index (χ4v) is 2.60. The van der Waals surface area contributed by atoms with E-state index in [2.05, 4.69) is 39.0 Å². The van der Waals surface area contributed by atoms with E-state index in [0.717, 1.165) is 32.1 Å².